The number of alkyl halides is 3. The van der Waals surface area contributed by atoms with Gasteiger partial charge in [-0.05, 0) is 44.2 Å². The predicted octanol–water partition coefficient (Wildman–Crippen LogP) is 4.06. The van der Waals surface area contributed by atoms with E-state index in [-0.39, 0.29) is 18.7 Å². The quantitative estimate of drug-likeness (QED) is 0.565. The minimum absolute atomic E-state index is 0.0277. The second kappa shape index (κ2) is 8.15. The lowest BCUT2D eigenvalue weighted by atomic mass is 10.0. The molecule has 33 heavy (non-hydrogen) atoms. The number of benzene rings is 1. The number of hydrogen-bond donors (Lipinski definition) is 2. The lowest BCUT2D eigenvalue weighted by Crippen LogP contribution is -2.45. The van der Waals surface area contributed by atoms with E-state index in [1.807, 2.05) is 0 Å². The highest BCUT2D eigenvalue weighted by Crippen LogP contribution is 2.41. The maximum absolute atomic E-state index is 14.6. The van der Waals surface area contributed by atoms with Crippen molar-refractivity contribution in [2.75, 3.05) is 6.54 Å². The van der Waals surface area contributed by atoms with Crippen molar-refractivity contribution in [3.63, 3.8) is 0 Å². The zero-order valence-electron chi connectivity index (χ0n) is 17.7. The molecule has 0 saturated heterocycles. The second-order valence-corrected chi connectivity index (χ2v) is 8.26. The molecule has 0 fully saturated rings. The zero-order chi connectivity index (χ0) is 24.1. The lowest BCUT2D eigenvalue weighted by molar-refractivity contribution is -0.263. The van der Waals surface area contributed by atoms with E-state index in [0.29, 0.717) is 23.9 Å². The van der Waals surface area contributed by atoms with E-state index >= 15 is 0 Å². The van der Waals surface area contributed by atoms with Crippen molar-refractivity contribution in [1.82, 2.24) is 19.4 Å². The van der Waals surface area contributed by atoms with Gasteiger partial charge in [-0.25, -0.2) is 13.8 Å². The van der Waals surface area contributed by atoms with Gasteiger partial charge in [0.05, 0.1) is 17.6 Å². The Labute approximate surface area is 185 Å². The molecule has 0 saturated carbocycles. The van der Waals surface area contributed by atoms with Crippen LogP contribution in [-0.4, -0.2) is 42.4 Å². The minimum atomic E-state index is -4.93. The van der Waals surface area contributed by atoms with Crippen LogP contribution >= 0.6 is 0 Å². The average Bonchev–Trinajstić information content (AvgIpc) is 3.19. The van der Waals surface area contributed by atoms with Crippen LogP contribution in [0.4, 0.5) is 22.0 Å². The van der Waals surface area contributed by atoms with Gasteiger partial charge in [-0.1, -0.05) is 0 Å². The van der Waals surface area contributed by atoms with Crippen molar-refractivity contribution in [3.05, 3.63) is 71.4 Å². The molecule has 6 nitrogen and oxygen atoms in total. The van der Waals surface area contributed by atoms with Gasteiger partial charge in [0.15, 0.2) is 5.82 Å². The second-order valence-electron chi connectivity index (χ2n) is 8.26. The van der Waals surface area contributed by atoms with Crippen molar-refractivity contribution >= 4 is 0 Å². The number of nitrogens with zero attached hydrogens (tertiary/aromatic N) is 4. The average molecular weight is 468 g/mol. The molecule has 0 spiro atoms. The highest BCUT2D eigenvalue weighted by Gasteiger charge is 2.55. The number of pyridine rings is 1. The first-order valence-corrected chi connectivity index (χ1v) is 10.1. The molecule has 11 heteroatoms. The fourth-order valence-electron chi connectivity index (χ4n) is 4.00. The maximum Gasteiger partial charge on any atom is 0.424 e. The van der Waals surface area contributed by atoms with Gasteiger partial charge in [0, 0.05) is 36.5 Å². The summed E-state index contributed by atoms with van der Waals surface area (Å²) in [5, 5.41) is 21.0. The first-order valence-electron chi connectivity index (χ1n) is 10.1. The molecular formula is C22H21F5N4O2. The van der Waals surface area contributed by atoms with Gasteiger partial charge in [-0.3, -0.25) is 9.88 Å². The Kier molecular flexibility index (Phi) is 5.75. The molecule has 0 bridgehead atoms. The molecule has 2 aromatic heterocycles. The molecule has 0 radical (unpaired) electrons. The number of hydrogen-bond acceptors (Lipinski definition) is 5. The molecular weight excluding hydrogens is 447 g/mol. The van der Waals surface area contributed by atoms with Crippen LogP contribution in [0, 0.1) is 11.6 Å². The van der Waals surface area contributed by atoms with Crippen molar-refractivity contribution in [3.8, 4) is 11.3 Å². The van der Waals surface area contributed by atoms with Crippen molar-refractivity contribution in [2.45, 2.75) is 44.4 Å². The molecule has 3 heterocycles. The minimum Gasteiger partial charge on any atom is -0.374 e. The lowest BCUT2D eigenvalue weighted by Gasteiger charge is -2.38. The molecule has 1 aliphatic heterocycles. The number of aliphatic hydroxyl groups is 2. The van der Waals surface area contributed by atoms with Gasteiger partial charge < -0.3 is 14.8 Å². The summed E-state index contributed by atoms with van der Waals surface area (Å²) >= 11 is 0. The van der Waals surface area contributed by atoms with Crippen LogP contribution in [0.25, 0.3) is 11.3 Å². The van der Waals surface area contributed by atoms with Crippen LogP contribution in [0.2, 0.25) is 0 Å². The highest BCUT2D eigenvalue weighted by molar-refractivity contribution is 5.59. The summed E-state index contributed by atoms with van der Waals surface area (Å²) in [7, 11) is 0. The number of rotatable bonds is 4. The topological polar surface area (TPSA) is 74.4 Å². The Morgan fingerprint density at radius 2 is 1.76 bits per heavy atom. The van der Waals surface area contributed by atoms with Gasteiger partial charge in [-0.15, -0.1) is 0 Å². The standard InChI is InChI=1S/C22H21F5N4O2/c1-12-10-30(11-15-8-29-20(31(12)15)21(2,33)22(25,26)27)19(32)16-7-18(28-9-17(16)24)13-3-5-14(23)6-4-13/h3-9,12,19,32-33H,10-11H2,1-2H3/t12-,19?,21+/m0/s1. The van der Waals surface area contributed by atoms with Gasteiger partial charge in [0.2, 0.25) is 5.60 Å². The Hall–Kier alpha value is -2.89. The van der Waals surface area contributed by atoms with Crippen LogP contribution in [0.15, 0.2) is 42.7 Å². The summed E-state index contributed by atoms with van der Waals surface area (Å²) in [5.74, 6) is -1.75. The Morgan fingerprint density at radius 1 is 1.09 bits per heavy atom. The number of halogens is 5. The zero-order valence-corrected chi connectivity index (χ0v) is 17.7. The van der Waals surface area contributed by atoms with Crippen LogP contribution in [0.3, 0.4) is 0 Å². The van der Waals surface area contributed by atoms with E-state index in [2.05, 4.69) is 9.97 Å². The number of aromatic nitrogens is 3. The van der Waals surface area contributed by atoms with Gasteiger partial charge >= 0.3 is 6.18 Å². The molecule has 3 atom stereocenters. The monoisotopic (exact) mass is 468 g/mol. The summed E-state index contributed by atoms with van der Waals surface area (Å²) in [6, 6.07) is 6.16. The van der Waals surface area contributed by atoms with E-state index in [1.165, 1.54) is 46.0 Å². The Bertz CT molecular complexity index is 1160. The summed E-state index contributed by atoms with van der Waals surface area (Å²) in [5.41, 5.74) is -2.05. The normalized spacial score (nSPS) is 19.7. The maximum atomic E-state index is 14.6. The third-order valence-electron chi connectivity index (χ3n) is 5.81. The molecule has 2 N–H and O–H groups in total. The van der Waals surface area contributed by atoms with Crippen LogP contribution in [-0.2, 0) is 12.1 Å². The fraction of sp³-hybridized carbons (Fsp3) is 0.364. The third-order valence-corrected chi connectivity index (χ3v) is 5.81. The molecule has 1 aromatic carbocycles. The first kappa shape index (κ1) is 23.3. The van der Waals surface area contributed by atoms with Gasteiger partial charge in [0.1, 0.15) is 17.9 Å². The summed E-state index contributed by atoms with van der Waals surface area (Å²) < 4.78 is 69.1. The van der Waals surface area contributed by atoms with E-state index in [1.54, 1.807) is 6.92 Å². The van der Waals surface area contributed by atoms with Crippen molar-refractivity contribution in [1.29, 1.82) is 0 Å². The first-order chi connectivity index (χ1) is 15.4. The molecule has 0 amide bonds. The fourth-order valence-corrected chi connectivity index (χ4v) is 4.00. The summed E-state index contributed by atoms with van der Waals surface area (Å²) in [6.45, 7) is 2.30. The smallest absolute Gasteiger partial charge is 0.374 e. The summed E-state index contributed by atoms with van der Waals surface area (Å²) in [6.07, 6.45) is -4.20. The summed E-state index contributed by atoms with van der Waals surface area (Å²) in [4.78, 5) is 9.28. The van der Waals surface area contributed by atoms with Crippen LogP contribution in [0.5, 0.6) is 0 Å². The van der Waals surface area contributed by atoms with Crippen LogP contribution < -0.4 is 0 Å². The van der Waals surface area contributed by atoms with Crippen LogP contribution in [0.1, 0.15) is 43.2 Å². The Balaban J connectivity index is 1.64. The largest absolute Gasteiger partial charge is 0.424 e. The van der Waals surface area contributed by atoms with Gasteiger partial charge in [0.25, 0.3) is 0 Å². The SMILES string of the molecule is C[C@H]1CN(C(O)c2cc(-c3ccc(F)cc3)ncc2F)Cc2cnc([C@@](C)(O)C(F)(F)F)n21. The van der Waals surface area contributed by atoms with E-state index in [4.69, 9.17) is 0 Å². The molecule has 1 aliphatic rings. The van der Waals surface area contributed by atoms with Gasteiger partial charge in [-0.2, -0.15) is 13.2 Å². The molecule has 0 aliphatic carbocycles. The predicted molar refractivity (Wildman–Crippen MR) is 108 cm³/mol. The Morgan fingerprint density at radius 3 is 2.39 bits per heavy atom. The van der Waals surface area contributed by atoms with E-state index < -0.39 is 41.5 Å². The molecule has 4 rings (SSSR count). The third kappa shape index (κ3) is 4.11. The molecule has 176 valence electrons. The van der Waals surface area contributed by atoms with E-state index in [0.717, 1.165) is 6.20 Å². The van der Waals surface area contributed by atoms with Crippen molar-refractivity contribution in [2.24, 2.45) is 0 Å². The molecule has 1 unspecified atom stereocenters. The number of imidazole rings is 1. The highest BCUT2D eigenvalue weighted by atomic mass is 19.4. The van der Waals surface area contributed by atoms with E-state index in [9.17, 15) is 32.2 Å². The number of fused-ring (bicyclic) bond motifs is 1. The number of aliphatic hydroxyl groups excluding tert-OH is 1. The molecule has 3 aromatic rings. The van der Waals surface area contributed by atoms with Crippen molar-refractivity contribution < 1.29 is 32.2 Å².